The number of carbonyl (C=O) groups is 1. The Hall–Kier alpha value is -2.44. The maximum atomic E-state index is 12.8. The van der Waals surface area contributed by atoms with Crippen LogP contribution >= 0.6 is 0 Å². The maximum Gasteiger partial charge on any atom is 0.418 e. The van der Waals surface area contributed by atoms with Gasteiger partial charge in [-0.3, -0.25) is 15.6 Å². The fourth-order valence-corrected chi connectivity index (χ4v) is 1.89. The van der Waals surface area contributed by atoms with E-state index in [9.17, 15) is 18.0 Å². The summed E-state index contributed by atoms with van der Waals surface area (Å²) >= 11 is 0. The number of hydrogen-bond acceptors (Lipinski definition) is 3. The lowest BCUT2D eigenvalue weighted by Crippen LogP contribution is -2.30. The molecule has 21 heavy (non-hydrogen) atoms. The molecule has 2 N–H and O–H groups in total. The Morgan fingerprint density at radius 3 is 2.43 bits per heavy atom. The molecule has 1 aromatic carbocycles. The van der Waals surface area contributed by atoms with E-state index in [4.69, 9.17) is 4.42 Å². The molecule has 0 saturated carbocycles. The minimum absolute atomic E-state index is 0.226. The first-order valence-corrected chi connectivity index (χ1v) is 6.08. The first kappa shape index (κ1) is 15.0. The first-order chi connectivity index (χ1) is 9.79. The van der Waals surface area contributed by atoms with E-state index in [1.165, 1.54) is 24.3 Å². The van der Waals surface area contributed by atoms with Gasteiger partial charge >= 0.3 is 6.18 Å². The summed E-state index contributed by atoms with van der Waals surface area (Å²) < 4.78 is 43.6. The summed E-state index contributed by atoms with van der Waals surface area (Å²) in [6, 6.07) is 6.40. The van der Waals surface area contributed by atoms with Gasteiger partial charge in [-0.05, 0) is 32.0 Å². The number of anilines is 1. The Morgan fingerprint density at radius 2 is 1.86 bits per heavy atom. The van der Waals surface area contributed by atoms with Crippen molar-refractivity contribution in [3.8, 4) is 0 Å². The zero-order chi connectivity index (χ0) is 15.6. The molecule has 0 unspecified atom stereocenters. The molecule has 1 heterocycles. The van der Waals surface area contributed by atoms with Crippen molar-refractivity contribution in [3.63, 3.8) is 0 Å². The Bertz CT molecular complexity index is 662. The summed E-state index contributed by atoms with van der Waals surface area (Å²) in [5.74, 6) is 0.380. The molecule has 0 saturated heterocycles. The fraction of sp³-hybridized carbons (Fsp3) is 0.214. The molecule has 0 aliphatic heterocycles. The molecule has 1 amide bonds. The lowest BCUT2D eigenvalue weighted by Gasteiger charge is -2.14. The summed E-state index contributed by atoms with van der Waals surface area (Å²) in [5.41, 5.74) is 3.71. The Balaban J connectivity index is 2.14. The lowest BCUT2D eigenvalue weighted by molar-refractivity contribution is -0.137. The second kappa shape index (κ2) is 5.51. The second-order valence-corrected chi connectivity index (χ2v) is 4.45. The molecule has 7 heteroatoms. The van der Waals surface area contributed by atoms with Gasteiger partial charge in [0, 0.05) is 0 Å². The molecule has 0 atom stereocenters. The third-order valence-corrected chi connectivity index (χ3v) is 2.83. The first-order valence-electron chi connectivity index (χ1n) is 6.08. The van der Waals surface area contributed by atoms with Crippen LogP contribution in [0.3, 0.4) is 0 Å². The normalized spacial score (nSPS) is 11.3. The van der Waals surface area contributed by atoms with E-state index in [1.54, 1.807) is 13.8 Å². The van der Waals surface area contributed by atoms with Crippen molar-refractivity contribution in [2.75, 3.05) is 5.43 Å². The Labute approximate surface area is 118 Å². The number of halogens is 3. The Kier molecular flexibility index (Phi) is 3.93. The molecule has 0 aliphatic carbocycles. The van der Waals surface area contributed by atoms with Crippen molar-refractivity contribution in [1.82, 2.24) is 5.43 Å². The topological polar surface area (TPSA) is 54.3 Å². The van der Waals surface area contributed by atoms with E-state index >= 15 is 0 Å². The molecular formula is C14H13F3N2O2. The highest BCUT2D eigenvalue weighted by molar-refractivity contribution is 5.96. The molecule has 0 bridgehead atoms. The van der Waals surface area contributed by atoms with Gasteiger partial charge < -0.3 is 4.42 Å². The predicted molar refractivity (Wildman–Crippen MR) is 70.7 cm³/mol. The monoisotopic (exact) mass is 298 g/mol. The summed E-state index contributed by atoms with van der Waals surface area (Å²) in [6.07, 6.45) is -4.50. The number of benzene rings is 1. The van der Waals surface area contributed by atoms with Crippen LogP contribution in [0.5, 0.6) is 0 Å². The van der Waals surface area contributed by atoms with Gasteiger partial charge in [0.25, 0.3) is 5.91 Å². The van der Waals surface area contributed by atoms with Gasteiger partial charge in [0.2, 0.25) is 0 Å². The number of carbonyl (C=O) groups excluding carboxylic acids is 1. The average Bonchev–Trinajstić information content (AvgIpc) is 2.74. The van der Waals surface area contributed by atoms with Crippen molar-refractivity contribution in [2.45, 2.75) is 20.0 Å². The third kappa shape index (κ3) is 3.36. The van der Waals surface area contributed by atoms with Crippen molar-refractivity contribution in [3.05, 3.63) is 53.0 Å². The predicted octanol–water partition coefficient (Wildman–Crippen LogP) is 3.67. The zero-order valence-electron chi connectivity index (χ0n) is 11.3. The third-order valence-electron chi connectivity index (χ3n) is 2.83. The molecule has 0 spiro atoms. The standard InChI is InChI=1S/C14H13F3N2O2/c1-8-7-10(9(2)21-8)13(20)19-18-12-6-4-3-5-11(12)14(15,16)17/h3-7,18H,1-2H3,(H,19,20). The highest BCUT2D eigenvalue weighted by atomic mass is 19.4. The van der Waals surface area contributed by atoms with E-state index in [2.05, 4.69) is 10.9 Å². The van der Waals surface area contributed by atoms with Gasteiger partial charge in [-0.15, -0.1) is 0 Å². The highest BCUT2D eigenvalue weighted by Crippen LogP contribution is 2.34. The van der Waals surface area contributed by atoms with Crippen LogP contribution in [-0.4, -0.2) is 5.91 Å². The average molecular weight is 298 g/mol. The number of alkyl halides is 3. The minimum atomic E-state index is -4.50. The van der Waals surface area contributed by atoms with Gasteiger partial charge in [0.15, 0.2) is 0 Å². The molecular weight excluding hydrogens is 285 g/mol. The van der Waals surface area contributed by atoms with E-state index in [0.717, 1.165) is 6.07 Å². The lowest BCUT2D eigenvalue weighted by atomic mass is 10.2. The number of amides is 1. The Morgan fingerprint density at radius 1 is 1.19 bits per heavy atom. The fourth-order valence-electron chi connectivity index (χ4n) is 1.89. The van der Waals surface area contributed by atoms with E-state index in [-0.39, 0.29) is 11.3 Å². The molecule has 1 aromatic heterocycles. The van der Waals surface area contributed by atoms with E-state index < -0.39 is 17.6 Å². The van der Waals surface area contributed by atoms with Gasteiger partial charge in [0.1, 0.15) is 11.5 Å². The van der Waals surface area contributed by atoms with Crippen LogP contribution < -0.4 is 10.9 Å². The second-order valence-electron chi connectivity index (χ2n) is 4.45. The van der Waals surface area contributed by atoms with Crippen LogP contribution in [0.15, 0.2) is 34.7 Å². The quantitative estimate of drug-likeness (QED) is 0.850. The molecule has 0 aliphatic rings. The van der Waals surface area contributed by atoms with Crippen molar-refractivity contribution in [2.24, 2.45) is 0 Å². The minimum Gasteiger partial charge on any atom is -0.466 e. The van der Waals surface area contributed by atoms with Gasteiger partial charge in [0.05, 0.1) is 16.8 Å². The van der Waals surface area contributed by atoms with E-state index in [0.29, 0.717) is 11.5 Å². The van der Waals surface area contributed by atoms with Crippen molar-refractivity contribution >= 4 is 11.6 Å². The van der Waals surface area contributed by atoms with Gasteiger partial charge in [-0.1, -0.05) is 12.1 Å². The molecule has 4 nitrogen and oxygen atoms in total. The number of nitrogens with one attached hydrogen (secondary N) is 2. The highest BCUT2D eigenvalue weighted by Gasteiger charge is 2.33. The molecule has 2 aromatic rings. The van der Waals surface area contributed by atoms with E-state index in [1.807, 2.05) is 0 Å². The van der Waals surface area contributed by atoms with Crippen LogP contribution in [-0.2, 0) is 6.18 Å². The molecule has 0 fully saturated rings. The maximum absolute atomic E-state index is 12.8. The smallest absolute Gasteiger partial charge is 0.418 e. The number of furan rings is 1. The van der Waals surface area contributed by atoms with Crippen molar-refractivity contribution in [1.29, 1.82) is 0 Å². The summed E-state index contributed by atoms with van der Waals surface area (Å²) in [5, 5.41) is 0. The molecule has 2 rings (SSSR count). The largest absolute Gasteiger partial charge is 0.466 e. The summed E-state index contributed by atoms with van der Waals surface area (Å²) in [4.78, 5) is 11.9. The number of hydrazine groups is 1. The van der Waals surface area contributed by atoms with Crippen LogP contribution in [0.25, 0.3) is 0 Å². The SMILES string of the molecule is Cc1cc(C(=O)NNc2ccccc2C(F)(F)F)c(C)o1. The van der Waals surface area contributed by atoms with Crippen molar-refractivity contribution < 1.29 is 22.4 Å². The zero-order valence-corrected chi connectivity index (χ0v) is 11.3. The van der Waals surface area contributed by atoms with Crippen LogP contribution in [0.2, 0.25) is 0 Å². The van der Waals surface area contributed by atoms with Crippen LogP contribution in [0, 0.1) is 13.8 Å². The summed E-state index contributed by atoms with van der Waals surface area (Å²) in [6.45, 7) is 3.28. The molecule has 112 valence electrons. The van der Waals surface area contributed by atoms with Crippen LogP contribution in [0.4, 0.5) is 18.9 Å². The van der Waals surface area contributed by atoms with Gasteiger partial charge in [-0.2, -0.15) is 13.2 Å². The number of aryl methyl sites for hydroxylation is 2. The number of hydrogen-bond donors (Lipinski definition) is 2. The number of rotatable bonds is 3. The summed E-state index contributed by atoms with van der Waals surface area (Å²) in [7, 11) is 0. The molecule has 0 radical (unpaired) electrons. The van der Waals surface area contributed by atoms with Gasteiger partial charge in [-0.25, -0.2) is 0 Å². The van der Waals surface area contributed by atoms with Crippen LogP contribution in [0.1, 0.15) is 27.4 Å². The number of para-hydroxylation sites is 1.